The van der Waals surface area contributed by atoms with Crippen LogP contribution in [-0.2, 0) is 6.42 Å². The minimum Gasteiger partial charge on any atom is -0.0643 e. The van der Waals surface area contributed by atoms with Gasteiger partial charge in [0.1, 0.15) is 0 Å². The maximum atomic E-state index is 2.30. The molecular weight excluding hydrogens is 168 g/mol. The second kappa shape index (κ2) is 3.61. The van der Waals surface area contributed by atoms with E-state index in [0.717, 1.165) is 5.92 Å². The zero-order chi connectivity index (χ0) is 10.1. The van der Waals surface area contributed by atoms with Gasteiger partial charge in [-0.05, 0) is 36.0 Å². The van der Waals surface area contributed by atoms with Crippen LogP contribution in [-0.4, -0.2) is 0 Å². The summed E-state index contributed by atoms with van der Waals surface area (Å²) in [6.45, 7) is 6.71. The molecule has 0 saturated carbocycles. The van der Waals surface area contributed by atoms with Crippen LogP contribution in [0, 0.1) is 12.3 Å². The van der Waals surface area contributed by atoms with Crippen molar-refractivity contribution in [3.8, 4) is 0 Å². The molecule has 1 aromatic carbocycles. The zero-order valence-corrected chi connectivity index (χ0v) is 9.17. The third-order valence-electron chi connectivity index (χ3n) is 2.61. The second-order valence-corrected chi connectivity index (χ2v) is 4.55. The second-order valence-electron chi connectivity index (χ2n) is 4.55. The highest BCUT2D eigenvalue weighted by Gasteiger charge is 2.13. The summed E-state index contributed by atoms with van der Waals surface area (Å²) in [5.41, 5.74) is 5.70. The molecule has 0 aromatic heterocycles. The van der Waals surface area contributed by atoms with Gasteiger partial charge in [0.15, 0.2) is 0 Å². The Bertz CT molecular complexity index is 370. The number of fused-ring (bicyclic) bond motifs is 1. The standard InChI is InChI=1S/C14H17/c1-10(2)7-12-5-4-6-13-8-11(3)9-14(12)13/h4-6,8-10H,7H2,1-3H3. The van der Waals surface area contributed by atoms with E-state index >= 15 is 0 Å². The predicted octanol–water partition coefficient (Wildman–Crippen LogP) is 3.85. The predicted molar refractivity (Wildman–Crippen MR) is 62.0 cm³/mol. The Balaban J connectivity index is 2.38. The number of allylic oxidation sites excluding steroid dienone is 1. The molecule has 0 nitrogen and oxygen atoms in total. The fourth-order valence-electron chi connectivity index (χ4n) is 2.07. The summed E-state index contributed by atoms with van der Waals surface area (Å²) in [4.78, 5) is 0. The van der Waals surface area contributed by atoms with Crippen LogP contribution in [0.4, 0.5) is 0 Å². The van der Waals surface area contributed by atoms with E-state index in [2.05, 4.69) is 51.5 Å². The topological polar surface area (TPSA) is 0 Å². The lowest BCUT2D eigenvalue weighted by Gasteiger charge is -2.09. The highest BCUT2D eigenvalue weighted by Crippen LogP contribution is 2.30. The first kappa shape index (κ1) is 9.51. The van der Waals surface area contributed by atoms with E-state index < -0.39 is 0 Å². The van der Waals surface area contributed by atoms with Crippen LogP contribution < -0.4 is 0 Å². The van der Waals surface area contributed by atoms with Gasteiger partial charge in [0, 0.05) is 6.42 Å². The molecule has 2 rings (SSSR count). The molecule has 0 amide bonds. The van der Waals surface area contributed by atoms with Gasteiger partial charge in [-0.1, -0.05) is 43.7 Å². The quantitative estimate of drug-likeness (QED) is 0.656. The van der Waals surface area contributed by atoms with Crippen LogP contribution in [0.1, 0.15) is 37.5 Å². The molecule has 0 spiro atoms. The number of hydrogen-bond acceptors (Lipinski definition) is 0. The summed E-state index contributed by atoms with van der Waals surface area (Å²) >= 11 is 0. The summed E-state index contributed by atoms with van der Waals surface area (Å²) in [5.74, 6) is 0.732. The first-order chi connectivity index (χ1) is 6.66. The molecule has 14 heavy (non-hydrogen) atoms. The van der Waals surface area contributed by atoms with Crippen LogP contribution >= 0.6 is 0 Å². The van der Waals surface area contributed by atoms with Gasteiger partial charge in [0.2, 0.25) is 0 Å². The van der Waals surface area contributed by atoms with Crippen LogP contribution in [0.3, 0.4) is 0 Å². The lowest BCUT2D eigenvalue weighted by atomic mass is 9.96. The third kappa shape index (κ3) is 1.75. The number of benzene rings is 1. The fourth-order valence-corrected chi connectivity index (χ4v) is 2.07. The Morgan fingerprint density at radius 1 is 1.21 bits per heavy atom. The minimum absolute atomic E-state index is 0.732. The van der Waals surface area contributed by atoms with Crippen molar-refractivity contribution in [2.24, 2.45) is 5.92 Å². The molecular formula is C14H17. The average Bonchev–Trinajstić information content (AvgIpc) is 2.45. The summed E-state index contributed by atoms with van der Waals surface area (Å²) in [6.07, 6.45) is 5.74. The first-order valence-corrected chi connectivity index (χ1v) is 5.32. The Morgan fingerprint density at radius 3 is 2.71 bits per heavy atom. The summed E-state index contributed by atoms with van der Waals surface area (Å²) < 4.78 is 0. The number of hydrogen-bond donors (Lipinski definition) is 0. The van der Waals surface area contributed by atoms with Crippen molar-refractivity contribution in [3.05, 3.63) is 46.9 Å². The van der Waals surface area contributed by atoms with Crippen molar-refractivity contribution >= 4 is 6.08 Å². The molecule has 0 saturated heterocycles. The zero-order valence-electron chi connectivity index (χ0n) is 9.17. The third-order valence-corrected chi connectivity index (χ3v) is 2.61. The Kier molecular flexibility index (Phi) is 2.45. The van der Waals surface area contributed by atoms with E-state index in [-0.39, 0.29) is 0 Å². The molecule has 0 unspecified atom stereocenters. The highest BCUT2D eigenvalue weighted by molar-refractivity contribution is 5.71. The van der Waals surface area contributed by atoms with Gasteiger partial charge in [0.05, 0.1) is 0 Å². The normalized spacial score (nSPS) is 14.4. The van der Waals surface area contributed by atoms with Crippen molar-refractivity contribution < 1.29 is 0 Å². The van der Waals surface area contributed by atoms with Crippen LogP contribution in [0.2, 0.25) is 0 Å². The molecule has 1 aliphatic carbocycles. The van der Waals surface area contributed by atoms with Gasteiger partial charge in [-0.2, -0.15) is 0 Å². The molecule has 0 aliphatic heterocycles. The molecule has 1 radical (unpaired) electrons. The Morgan fingerprint density at radius 2 is 2.00 bits per heavy atom. The summed E-state index contributed by atoms with van der Waals surface area (Å²) in [6, 6.07) is 6.62. The molecule has 0 atom stereocenters. The van der Waals surface area contributed by atoms with E-state index in [4.69, 9.17) is 0 Å². The van der Waals surface area contributed by atoms with E-state index in [1.54, 1.807) is 0 Å². The van der Waals surface area contributed by atoms with Crippen LogP contribution in [0.25, 0.3) is 6.08 Å². The van der Waals surface area contributed by atoms with E-state index in [0.29, 0.717) is 0 Å². The SMILES string of the molecule is CC1=Cc2c(cccc2CC(C)C)[CH]1. The van der Waals surface area contributed by atoms with Crippen LogP contribution in [0.5, 0.6) is 0 Å². The van der Waals surface area contributed by atoms with E-state index in [1.807, 2.05) is 0 Å². The molecule has 1 aliphatic rings. The van der Waals surface area contributed by atoms with Gasteiger partial charge in [-0.15, -0.1) is 0 Å². The number of rotatable bonds is 2. The van der Waals surface area contributed by atoms with Gasteiger partial charge >= 0.3 is 0 Å². The maximum absolute atomic E-state index is 2.30. The molecule has 0 N–H and O–H groups in total. The minimum atomic E-state index is 0.732. The van der Waals surface area contributed by atoms with Crippen molar-refractivity contribution in [3.63, 3.8) is 0 Å². The van der Waals surface area contributed by atoms with Crippen molar-refractivity contribution in [2.45, 2.75) is 27.2 Å². The van der Waals surface area contributed by atoms with Crippen molar-refractivity contribution in [1.29, 1.82) is 0 Å². The smallest absolute Gasteiger partial charge is 0.0161 e. The molecule has 73 valence electrons. The van der Waals surface area contributed by atoms with Gasteiger partial charge in [0.25, 0.3) is 0 Å². The van der Waals surface area contributed by atoms with E-state index in [9.17, 15) is 0 Å². The highest BCUT2D eigenvalue weighted by atomic mass is 14.2. The van der Waals surface area contributed by atoms with Gasteiger partial charge in [-0.3, -0.25) is 0 Å². The monoisotopic (exact) mass is 185 g/mol. The Labute approximate surface area is 86.7 Å². The van der Waals surface area contributed by atoms with Crippen molar-refractivity contribution in [1.82, 2.24) is 0 Å². The first-order valence-electron chi connectivity index (χ1n) is 5.32. The van der Waals surface area contributed by atoms with Gasteiger partial charge in [-0.25, -0.2) is 0 Å². The van der Waals surface area contributed by atoms with Gasteiger partial charge < -0.3 is 0 Å². The molecule has 0 bridgehead atoms. The largest absolute Gasteiger partial charge is 0.0643 e. The summed E-state index contributed by atoms with van der Waals surface area (Å²) in [5, 5.41) is 0. The summed E-state index contributed by atoms with van der Waals surface area (Å²) in [7, 11) is 0. The fraction of sp³-hybridized carbons (Fsp3) is 0.357. The lowest BCUT2D eigenvalue weighted by Crippen LogP contribution is -1.97. The molecule has 0 fully saturated rings. The average molecular weight is 185 g/mol. The lowest BCUT2D eigenvalue weighted by molar-refractivity contribution is 0.646. The molecule has 0 heteroatoms. The maximum Gasteiger partial charge on any atom is 0.0161 e. The van der Waals surface area contributed by atoms with Crippen LogP contribution in [0.15, 0.2) is 23.8 Å². The Hall–Kier alpha value is -1.04. The molecule has 1 aromatic rings. The molecule has 0 heterocycles. The van der Waals surface area contributed by atoms with E-state index in [1.165, 1.54) is 28.7 Å². The van der Waals surface area contributed by atoms with Crippen molar-refractivity contribution in [2.75, 3.05) is 0 Å².